The number of aromatic nitrogens is 1. The van der Waals surface area contributed by atoms with Crippen molar-refractivity contribution in [1.82, 2.24) is 4.98 Å². The molecule has 18 heavy (non-hydrogen) atoms. The zero-order valence-electron chi connectivity index (χ0n) is 10.3. The smallest absolute Gasteiger partial charge is 0.270 e. The lowest BCUT2D eigenvalue weighted by Crippen LogP contribution is -2.04. The van der Waals surface area contributed by atoms with Crippen molar-refractivity contribution in [3.8, 4) is 0 Å². The molecule has 0 spiro atoms. The van der Waals surface area contributed by atoms with Crippen molar-refractivity contribution in [2.75, 3.05) is 7.11 Å². The summed E-state index contributed by atoms with van der Waals surface area (Å²) in [4.78, 5) is 4.01. The van der Waals surface area contributed by atoms with Crippen molar-refractivity contribution in [2.45, 2.75) is 11.8 Å². The average Bonchev–Trinajstić information content (AvgIpc) is 2.42. The zero-order valence-corrected chi connectivity index (χ0v) is 11.1. The fraction of sp³-hybridized carbons (Fsp3) is 0.154. The molecule has 0 fully saturated rings. The first-order valence-electron chi connectivity index (χ1n) is 5.29. The maximum absolute atomic E-state index is 11.2. The summed E-state index contributed by atoms with van der Waals surface area (Å²) in [5, 5.41) is 0. The number of rotatable bonds is 2. The summed E-state index contributed by atoms with van der Waals surface area (Å²) in [5.41, 5.74) is 0.694. The SMILES string of the molecule is COS(=O)(=O)c1ccccc1C.c1ccncc1. The van der Waals surface area contributed by atoms with Crippen molar-refractivity contribution in [3.05, 3.63) is 60.4 Å². The molecule has 0 saturated carbocycles. The Hall–Kier alpha value is -1.72. The molecule has 1 aromatic carbocycles. The van der Waals surface area contributed by atoms with E-state index >= 15 is 0 Å². The predicted octanol–water partition coefficient (Wildman–Crippen LogP) is 2.41. The Labute approximate surface area is 107 Å². The van der Waals surface area contributed by atoms with Crippen molar-refractivity contribution >= 4 is 10.1 Å². The number of hydrogen-bond donors (Lipinski definition) is 0. The Morgan fingerprint density at radius 3 is 2.00 bits per heavy atom. The number of nitrogens with zero attached hydrogens (tertiary/aromatic N) is 1. The van der Waals surface area contributed by atoms with Crippen LogP contribution >= 0.6 is 0 Å². The molecule has 2 rings (SSSR count). The Balaban J connectivity index is 0.000000225. The normalized spacial score (nSPS) is 10.3. The first kappa shape index (κ1) is 14.3. The summed E-state index contributed by atoms with van der Waals surface area (Å²) in [6, 6.07) is 12.4. The molecule has 0 bridgehead atoms. The molecular formula is C13H15NO3S. The predicted molar refractivity (Wildman–Crippen MR) is 69.6 cm³/mol. The van der Waals surface area contributed by atoms with E-state index in [0.717, 1.165) is 7.11 Å². The average molecular weight is 265 g/mol. The molecule has 0 aliphatic carbocycles. The second kappa shape index (κ2) is 6.88. The Bertz CT molecular complexity index is 541. The van der Waals surface area contributed by atoms with E-state index in [9.17, 15) is 8.42 Å². The van der Waals surface area contributed by atoms with E-state index in [1.807, 2.05) is 18.2 Å². The van der Waals surface area contributed by atoms with Gasteiger partial charge in [0.15, 0.2) is 0 Å². The number of hydrogen-bond acceptors (Lipinski definition) is 4. The van der Waals surface area contributed by atoms with E-state index in [4.69, 9.17) is 0 Å². The van der Waals surface area contributed by atoms with Gasteiger partial charge in [-0.3, -0.25) is 9.17 Å². The third kappa shape index (κ3) is 4.27. The summed E-state index contributed by atoms with van der Waals surface area (Å²) >= 11 is 0. The summed E-state index contributed by atoms with van der Waals surface area (Å²) in [5.74, 6) is 0. The Morgan fingerprint density at radius 1 is 1.00 bits per heavy atom. The zero-order chi connectivity index (χ0) is 13.4. The molecule has 5 heteroatoms. The molecule has 0 amide bonds. The van der Waals surface area contributed by atoms with Gasteiger partial charge in [0.1, 0.15) is 0 Å². The van der Waals surface area contributed by atoms with Crippen LogP contribution in [0.2, 0.25) is 0 Å². The van der Waals surface area contributed by atoms with Gasteiger partial charge in [0, 0.05) is 12.4 Å². The lowest BCUT2D eigenvalue weighted by molar-refractivity contribution is 0.397. The fourth-order valence-corrected chi connectivity index (χ4v) is 2.13. The summed E-state index contributed by atoms with van der Waals surface area (Å²) in [6.07, 6.45) is 3.50. The minimum absolute atomic E-state index is 0.229. The molecule has 0 unspecified atom stereocenters. The van der Waals surface area contributed by atoms with E-state index in [-0.39, 0.29) is 4.90 Å². The van der Waals surface area contributed by atoms with E-state index in [2.05, 4.69) is 9.17 Å². The molecule has 4 nitrogen and oxygen atoms in total. The molecule has 0 N–H and O–H groups in total. The van der Waals surface area contributed by atoms with Gasteiger partial charge in [0.05, 0.1) is 12.0 Å². The molecular weight excluding hydrogens is 250 g/mol. The van der Waals surface area contributed by atoms with E-state index in [1.54, 1.807) is 37.5 Å². The summed E-state index contributed by atoms with van der Waals surface area (Å²) < 4.78 is 26.8. The fourth-order valence-electron chi connectivity index (χ4n) is 1.24. The van der Waals surface area contributed by atoms with Crippen molar-refractivity contribution in [3.63, 3.8) is 0 Å². The van der Waals surface area contributed by atoms with Crippen LogP contribution in [0.15, 0.2) is 59.8 Å². The minimum atomic E-state index is -3.53. The topological polar surface area (TPSA) is 56.3 Å². The summed E-state index contributed by atoms with van der Waals surface area (Å²) in [7, 11) is -2.37. The van der Waals surface area contributed by atoms with Gasteiger partial charge >= 0.3 is 0 Å². The molecule has 0 saturated heterocycles. The Morgan fingerprint density at radius 2 is 1.61 bits per heavy atom. The van der Waals surface area contributed by atoms with Gasteiger partial charge in [-0.2, -0.15) is 8.42 Å². The molecule has 96 valence electrons. The molecule has 2 aromatic rings. The number of pyridine rings is 1. The first-order chi connectivity index (χ1) is 8.58. The quantitative estimate of drug-likeness (QED) is 0.782. The van der Waals surface area contributed by atoms with Crippen molar-refractivity contribution < 1.29 is 12.6 Å². The monoisotopic (exact) mass is 265 g/mol. The molecule has 1 heterocycles. The van der Waals surface area contributed by atoms with E-state index in [0.29, 0.717) is 5.56 Å². The molecule has 0 aliphatic heterocycles. The maximum Gasteiger partial charge on any atom is 0.296 e. The highest BCUT2D eigenvalue weighted by Crippen LogP contribution is 2.15. The second-order valence-corrected chi connectivity index (χ2v) is 5.09. The minimum Gasteiger partial charge on any atom is -0.270 e. The van der Waals surface area contributed by atoms with Crippen LogP contribution in [0.5, 0.6) is 0 Å². The standard InChI is InChI=1S/C8H10O3S.C5H5N/c1-7-5-3-4-6-8(7)12(9,10)11-2;1-2-4-6-5-3-1/h3-6H,1-2H3;1-5H. The van der Waals surface area contributed by atoms with Gasteiger partial charge in [-0.15, -0.1) is 0 Å². The molecule has 0 atom stereocenters. The third-order valence-corrected chi connectivity index (χ3v) is 3.58. The van der Waals surface area contributed by atoms with Crippen molar-refractivity contribution in [1.29, 1.82) is 0 Å². The first-order valence-corrected chi connectivity index (χ1v) is 6.70. The number of aryl methyl sites for hydroxylation is 1. The van der Waals surface area contributed by atoms with Crippen LogP contribution < -0.4 is 0 Å². The second-order valence-electron chi connectivity index (χ2n) is 3.41. The molecule has 1 aromatic heterocycles. The van der Waals surface area contributed by atoms with Crippen LogP contribution in [0.3, 0.4) is 0 Å². The van der Waals surface area contributed by atoms with Crippen LogP contribution in [0.25, 0.3) is 0 Å². The van der Waals surface area contributed by atoms with Crippen LogP contribution in [0, 0.1) is 6.92 Å². The molecule has 0 aliphatic rings. The van der Waals surface area contributed by atoms with Crippen LogP contribution in [0.4, 0.5) is 0 Å². The van der Waals surface area contributed by atoms with Gasteiger partial charge in [0.2, 0.25) is 0 Å². The Kier molecular flexibility index (Phi) is 5.48. The van der Waals surface area contributed by atoms with Gasteiger partial charge in [-0.1, -0.05) is 24.3 Å². The maximum atomic E-state index is 11.2. The lowest BCUT2D eigenvalue weighted by atomic mass is 10.2. The lowest BCUT2D eigenvalue weighted by Gasteiger charge is -2.03. The van der Waals surface area contributed by atoms with Gasteiger partial charge in [-0.05, 0) is 30.7 Å². The van der Waals surface area contributed by atoms with Crippen LogP contribution in [0.1, 0.15) is 5.56 Å². The van der Waals surface area contributed by atoms with Gasteiger partial charge in [0.25, 0.3) is 10.1 Å². The van der Waals surface area contributed by atoms with Gasteiger partial charge < -0.3 is 0 Å². The molecule has 0 radical (unpaired) electrons. The van der Waals surface area contributed by atoms with E-state index < -0.39 is 10.1 Å². The highest BCUT2D eigenvalue weighted by molar-refractivity contribution is 7.86. The van der Waals surface area contributed by atoms with E-state index in [1.165, 1.54) is 6.07 Å². The third-order valence-electron chi connectivity index (χ3n) is 2.15. The van der Waals surface area contributed by atoms with Crippen LogP contribution in [-0.2, 0) is 14.3 Å². The largest absolute Gasteiger partial charge is 0.296 e. The highest BCUT2D eigenvalue weighted by atomic mass is 32.2. The summed E-state index contributed by atoms with van der Waals surface area (Å²) in [6.45, 7) is 1.73. The van der Waals surface area contributed by atoms with Gasteiger partial charge in [-0.25, -0.2) is 0 Å². The highest BCUT2D eigenvalue weighted by Gasteiger charge is 2.14. The van der Waals surface area contributed by atoms with Crippen LogP contribution in [-0.4, -0.2) is 20.5 Å². The van der Waals surface area contributed by atoms with Crippen molar-refractivity contribution in [2.24, 2.45) is 0 Å². The number of benzene rings is 1.